The molecule has 11 heteroatoms. The van der Waals surface area contributed by atoms with Gasteiger partial charge in [0.15, 0.2) is 0 Å². The summed E-state index contributed by atoms with van der Waals surface area (Å²) >= 11 is 0. The van der Waals surface area contributed by atoms with E-state index in [9.17, 15) is 31.1 Å². The number of carbonyl (C=O) groups excluding carboxylic acids is 1. The molecule has 4 atom stereocenters. The first-order valence-corrected chi connectivity index (χ1v) is 11.9. The Balaban J connectivity index is 1.87. The zero-order chi connectivity index (χ0) is 27.6. The van der Waals surface area contributed by atoms with E-state index in [1.54, 1.807) is 23.1 Å². The molecular formula is C26H31F6N3O2. The van der Waals surface area contributed by atoms with Gasteiger partial charge >= 0.3 is 18.4 Å². The van der Waals surface area contributed by atoms with E-state index in [1.807, 2.05) is 19.9 Å². The first kappa shape index (κ1) is 28.8. The van der Waals surface area contributed by atoms with E-state index in [0.29, 0.717) is 37.2 Å². The molecule has 0 bridgehead atoms. The van der Waals surface area contributed by atoms with Crippen molar-refractivity contribution < 1.29 is 35.9 Å². The standard InChI is InChI=1S/C26H31F6N3O2/c1-5-6-7-8-16(2)24(12-22(14-34-24)35-17(3)13-33-23(35)36)15-37-18(4)19-9-20(25(27,28)29)11-21(10-19)26(30,31)32/h5-11,17-18,22,34H,2,12-15H2,1,3-4H3,(H,33,36)/b6-5-,8-7-/t17?,18-,22+,24-/m1/s1. The lowest BCUT2D eigenvalue weighted by Gasteiger charge is -2.33. The lowest BCUT2D eigenvalue weighted by Crippen LogP contribution is -2.46. The minimum Gasteiger partial charge on any atom is -0.372 e. The van der Waals surface area contributed by atoms with Gasteiger partial charge in [-0.1, -0.05) is 30.9 Å². The smallest absolute Gasteiger partial charge is 0.372 e. The van der Waals surface area contributed by atoms with Crippen LogP contribution in [0, 0.1) is 0 Å². The van der Waals surface area contributed by atoms with Crippen molar-refractivity contribution in [1.29, 1.82) is 0 Å². The lowest BCUT2D eigenvalue weighted by atomic mass is 9.87. The van der Waals surface area contributed by atoms with Crippen LogP contribution < -0.4 is 10.6 Å². The van der Waals surface area contributed by atoms with Crippen molar-refractivity contribution in [3.8, 4) is 0 Å². The summed E-state index contributed by atoms with van der Waals surface area (Å²) in [5, 5.41) is 6.16. The van der Waals surface area contributed by atoms with Crippen molar-refractivity contribution in [1.82, 2.24) is 15.5 Å². The number of halogens is 6. The van der Waals surface area contributed by atoms with Gasteiger partial charge in [-0.2, -0.15) is 26.3 Å². The minimum atomic E-state index is -4.95. The molecule has 1 aromatic rings. The fourth-order valence-corrected chi connectivity index (χ4v) is 4.67. The van der Waals surface area contributed by atoms with Crippen LogP contribution >= 0.6 is 0 Å². The predicted octanol–water partition coefficient (Wildman–Crippen LogP) is 6.00. The third-order valence-electron chi connectivity index (χ3n) is 6.79. The monoisotopic (exact) mass is 531 g/mol. The van der Waals surface area contributed by atoms with Crippen LogP contribution in [-0.2, 0) is 17.1 Å². The molecule has 3 rings (SSSR count). The highest BCUT2D eigenvalue weighted by Crippen LogP contribution is 2.39. The molecule has 0 spiro atoms. The van der Waals surface area contributed by atoms with E-state index in [0.717, 1.165) is 0 Å². The van der Waals surface area contributed by atoms with E-state index in [4.69, 9.17) is 4.74 Å². The Kier molecular flexibility index (Phi) is 8.48. The highest BCUT2D eigenvalue weighted by atomic mass is 19.4. The molecule has 2 aliphatic heterocycles. The van der Waals surface area contributed by atoms with Crippen LogP contribution in [0.5, 0.6) is 0 Å². The third-order valence-corrected chi connectivity index (χ3v) is 6.79. The number of alkyl halides is 6. The molecule has 1 unspecified atom stereocenters. The molecule has 2 heterocycles. The van der Waals surface area contributed by atoms with Crippen LogP contribution in [-0.4, -0.2) is 48.3 Å². The molecular weight excluding hydrogens is 500 g/mol. The van der Waals surface area contributed by atoms with E-state index < -0.39 is 35.1 Å². The second-order valence-electron chi connectivity index (χ2n) is 9.47. The molecule has 2 aliphatic rings. The maximum absolute atomic E-state index is 13.3. The molecule has 2 fully saturated rings. The van der Waals surface area contributed by atoms with E-state index in [-0.39, 0.29) is 36.4 Å². The molecule has 2 saturated heterocycles. The quantitative estimate of drug-likeness (QED) is 0.319. The maximum Gasteiger partial charge on any atom is 0.416 e. The highest BCUT2D eigenvalue weighted by molar-refractivity contribution is 5.77. The van der Waals surface area contributed by atoms with Gasteiger partial charge in [0, 0.05) is 25.2 Å². The number of allylic oxidation sites excluding steroid dienone is 3. The Bertz CT molecular complexity index is 1030. The summed E-state index contributed by atoms with van der Waals surface area (Å²) in [7, 11) is 0. The number of nitrogens with zero attached hydrogens (tertiary/aromatic N) is 1. The van der Waals surface area contributed by atoms with Crippen LogP contribution in [0.4, 0.5) is 31.1 Å². The molecule has 0 aromatic heterocycles. The van der Waals surface area contributed by atoms with Crippen LogP contribution in [0.15, 0.2) is 54.7 Å². The summed E-state index contributed by atoms with van der Waals surface area (Å²) in [4.78, 5) is 14.1. The zero-order valence-corrected chi connectivity index (χ0v) is 20.8. The van der Waals surface area contributed by atoms with Gasteiger partial charge in [0.05, 0.1) is 29.4 Å². The van der Waals surface area contributed by atoms with Gasteiger partial charge in [-0.25, -0.2) is 4.79 Å². The Labute approximate surface area is 212 Å². The fraction of sp³-hybridized carbons (Fsp3) is 0.500. The van der Waals surface area contributed by atoms with Crippen LogP contribution in [0.2, 0.25) is 0 Å². The van der Waals surface area contributed by atoms with E-state index in [2.05, 4.69) is 17.2 Å². The third kappa shape index (κ3) is 6.56. The molecule has 0 saturated carbocycles. The van der Waals surface area contributed by atoms with Gasteiger partial charge < -0.3 is 20.3 Å². The number of hydrogen-bond donors (Lipinski definition) is 2. The molecule has 0 radical (unpaired) electrons. The summed E-state index contributed by atoms with van der Waals surface area (Å²) in [5.41, 5.74) is -3.29. The largest absolute Gasteiger partial charge is 0.416 e. The van der Waals surface area contributed by atoms with Crippen molar-refractivity contribution >= 4 is 6.03 Å². The van der Waals surface area contributed by atoms with E-state index >= 15 is 0 Å². The summed E-state index contributed by atoms with van der Waals surface area (Å²) in [6, 6.07) is 1.02. The molecule has 204 valence electrons. The number of urea groups is 1. The van der Waals surface area contributed by atoms with Crippen molar-refractivity contribution in [2.75, 3.05) is 19.7 Å². The molecule has 1 aromatic carbocycles. The van der Waals surface area contributed by atoms with Gasteiger partial charge in [-0.3, -0.25) is 0 Å². The minimum absolute atomic E-state index is 0.0346. The lowest BCUT2D eigenvalue weighted by molar-refractivity contribution is -0.143. The molecule has 2 amide bonds. The number of ether oxygens (including phenoxy) is 1. The molecule has 0 aliphatic carbocycles. The maximum atomic E-state index is 13.3. The zero-order valence-electron chi connectivity index (χ0n) is 20.8. The summed E-state index contributed by atoms with van der Waals surface area (Å²) in [5.74, 6) is 0. The average Bonchev–Trinajstić information content (AvgIpc) is 3.39. The average molecular weight is 532 g/mol. The van der Waals surface area contributed by atoms with Gasteiger partial charge in [-0.05, 0) is 56.5 Å². The number of nitrogens with one attached hydrogen (secondary N) is 2. The number of hydrogen-bond acceptors (Lipinski definition) is 3. The van der Waals surface area contributed by atoms with Crippen LogP contribution in [0.3, 0.4) is 0 Å². The second-order valence-corrected chi connectivity index (χ2v) is 9.47. The van der Waals surface area contributed by atoms with Crippen molar-refractivity contribution in [3.05, 3.63) is 71.3 Å². The number of carbonyl (C=O) groups is 1. The predicted molar refractivity (Wildman–Crippen MR) is 128 cm³/mol. The second kappa shape index (κ2) is 10.9. The van der Waals surface area contributed by atoms with Crippen molar-refractivity contribution in [3.63, 3.8) is 0 Å². The SMILES string of the molecule is C=C(/C=C\C=C/C)[C@]1(CO[C@H](C)c2cc(C(F)(F)F)cc(C(F)(F)F)c2)C[C@H](N2C(=O)NCC2C)CN1. The Morgan fingerprint density at radius 1 is 1.16 bits per heavy atom. The molecule has 37 heavy (non-hydrogen) atoms. The fourth-order valence-electron chi connectivity index (χ4n) is 4.67. The van der Waals surface area contributed by atoms with Gasteiger partial charge in [-0.15, -0.1) is 0 Å². The molecule has 5 nitrogen and oxygen atoms in total. The summed E-state index contributed by atoms with van der Waals surface area (Å²) in [6.07, 6.45) is -3.41. The topological polar surface area (TPSA) is 53.6 Å². The summed E-state index contributed by atoms with van der Waals surface area (Å²) < 4.78 is 85.8. The number of rotatable bonds is 8. The number of benzene rings is 1. The Hall–Kier alpha value is -2.79. The first-order chi connectivity index (χ1) is 17.2. The molecule has 2 N–H and O–H groups in total. The highest BCUT2D eigenvalue weighted by Gasteiger charge is 2.46. The number of amides is 2. The Morgan fingerprint density at radius 3 is 2.30 bits per heavy atom. The summed E-state index contributed by atoms with van der Waals surface area (Å²) in [6.45, 7) is 10.2. The van der Waals surface area contributed by atoms with Crippen molar-refractivity contribution in [2.24, 2.45) is 0 Å². The van der Waals surface area contributed by atoms with Crippen molar-refractivity contribution in [2.45, 2.75) is 63.3 Å². The Morgan fingerprint density at radius 2 is 1.78 bits per heavy atom. The van der Waals surface area contributed by atoms with Crippen LogP contribution in [0.25, 0.3) is 0 Å². The van der Waals surface area contributed by atoms with E-state index in [1.165, 1.54) is 6.92 Å². The van der Waals surface area contributed by atoms with Gasteiger partial charge in [0.2, 0.25) is 0 Å². The van der Waals surface area contributed by atoms with Crippen LogP contribution in [0.1, 0.15) is 50.0 Å². The first-order valence-electron chi connectivity index (χ1n) is 11.9. The van der Waals surface area contributed by atoms with Gasteiger partial charge in [0.25, 0.3) is 0 Å². The van der Waals surface area contributed by atoms with Gasteiger partial charge in [0.1, 0.15) is 0 Å². The normalized spacial score (nSPS) is 25.9.